The smallest absolute Gasteiger partial charge is 0.224 e. The van der Waals surface area contributed by atoms with Gasteiger partial charge in [-0.1, -0.05) is 30.3 Å². The average Bonchev–Trinajstić information content (AvgIpc) is 2.54. The minimum absolute atomic E-state index is 0.209. The number of likely N-dealkylation sites (N-methyl/N-ethyl adjacent to an activating group) is 1. The van der Waals surface area contributed by atoms with Gasteiger partial charge in [0.15, 0.2) is 0 Å². The zero-order valence-electron chi connectivity index (χ0n) is 13.1. The van der Waals surface area contributed by atoms with Crippen molar-refractivity contribution in [1.82, 2.24) is 9.80 Å². The number of benzene rings is 1. The molecule has 0 aromatic heterocycles. The second-order valence-corrected chi connectivity index (χ2v) is 5.11. The van der Waals surface area contributed by atoms with Crippen LogP contribution in [-0.2, 0) is 20.9 Å². The SMILES string of the molecule is CN1CCN(C(=O)CCOCc2ccccc2)CC1.NC=O. The molecule has 0 unspecified atom stereocenters. The topological polar surface area (TPSA) is 75.9 Å². The van der Waals surface area contributed by atoms with E-state index in [1.165, 1.54) is 0 Å². The van der Waals surface area contributed by atoms with Crippen molar-refractivity contribution >= 4 is 12.3 Å². The molecule has 1 aromatic rings. The van der Waals surface area contributed by atoms with Gasteiger partial charge in [-0.2, -0.15) is 0 Å². The Kier molecular flexibility index (Phi) is 8.86. The van der Waals surface area contributed by atoms with Crippen molar-refractivity contribution in [3.05, 3.63) is 35.9 Å². The molecular weight excluding hydrogens is 282 g/mol. The van der Waals surface area contributed by atoms with Crippen LogP contribution in [0.5, 0.6) is 0 Å². The van der Waals surface area contributed by atoms with E-state index in [1.54, 1.807) is 0 Å². The summed E-state index contributed by atoms with van der Waals surface area (Å²) in [5.41, 5.74) is 5.31. The summed E-state index contributed by atoms with van der Waals surface area (Å²) in [6, 6.07) is 10.0. The van der Waals surface area contributed by atoms with Gasteiger partial charge in [-0.05, 0) is 12.6 Å². The second-order valence-electron chi connectivity index (χ2n) is 5.11. The van der Waals surface area contributed by atoms with E-state index >= 15 is 0 Å². The molecule has 1 heterocycles. The number of primary amides is 1. The number of piperazine rings is 1. The van der Waals surface area contributed by atoms with Crippen molar-refractivity contribution < 1.29 is 14.3 Å². The Balaban J connectivity index is 0.000000745. The minimum atomic E-state index is 0.209. The van der Waals surface area contributed by atoms with Crippen LogP contribution in [0, 0.1) is 0 Å². The average molecular weight is 307 g/mol. The molecule has 2 N–H and O–H groups in total. The van der Waals surface area contributed by atoms with Crippen molar-refractivity contribution in [3.8, 4) is 0 Å². The molecular formula is C16H25N3O3. The van der Waals surface area contributed by atoms with Crippen LogP contribution in [0.25, 0.3) is 0 Å². The summed E-state index contributed by atoms with van der Waals surface area (Å²) in [5, 5.41) is 0. The van der Waals surface area contributed by atoms with Crippen molar-refractivity contribution in [3.63, 3.8) is 0 Å². The van der Waals surface area contributed by atoms with E-state index < -0.39 is 0 Å². The maximum absolute atomic E-state index is 11.9. The highest BCUT2D eigenvalue weighted by Crippen LogP contribution is 2.04. The molecule has 0 spiro atoms. The standard InChI is InChI=1S/C15H22N2O2.CH3NO/c1-16-8-10-17(11-9-16)15(18)7-12-19-13-14-5-3-2-4-6-14;2-1-3/h2-6H,7-13H2,1H3;1H,(H2,2,3). The minimum Gasteiger partial charge on any atom is -0.376 e. The number of ether oxygens (including phenoxy) is 1. The zero-order valence-corrected chi connectivity index (χ0v) is 13.1. The van der Waals surface area contributed by atoms with Crippen LogP contribution in [-0.4, -0.2) is 62.0 Å². The van der Waals surface area contributed by atoms with Gasteiger partial charge in [0, 0.05) is 26.2 Å². The van der Waals surface area contributed by atoms with Crippen LogP contribution in [0.15, 0.2) is 30.3 Å². The summed E-state index contributed by atoms with van der Waals surface area (Å²) in [6.45, 7) is 4.70. The monoisotopic (exact) mass is 307 g/mol. The van der Waals surface area contributed by atoms with Crippen molar-refractivity contribution in [2.45, 2.75) is 13.0 Å². The number of carbonyl (C=O) groups excluding carboxylic acids is 2. The Labute approximate surface area is 131 Å². The molecule has 122 valence electrons. The van der Waals surface area contributed by atoms with Crippen molar-refractivity contribution in [2.24, 2.45) is 5.73 Å². The van der Waals surface area contributed by atoms with Gasteiger partial charge in [0.05, 0.1) is 19.6 Å². The van der Waals surface area contributed by atoms with E-state index in [9.17, 15) is 4.79 Å². The summed E-state index contributed by atoms with van der Waals surface area (Å²) < 4.78 is 5.54. The van der Waals surface area contributed by atoms with Crippen molar-refractivity contribution in [1.29, 1.82) is 0 Å². The number of amides is 2. The third-order valence-electron chi connectivity index (χ3n) is 3.43. The molecule has 1 aromatic carbocycles. The summed E-state index contributed by atoms with van der Waals surface area (Å²) in [7, 11) is 2.09. The number of nitrogens with zero attached hydrogens (tertiary/aromatic N) is 2. The van der Waals surface area contributed by atoms with Gasteiger partial charge in [0.1, 0.15) is 0 Å². The van der Waals surface area contributed by atoms with Gasteiger partial charge in [0.2, 0.25) is 12.3 Å². The fraction of sp³-hybridized carbons (Fsp3) is 0.500. The zero-order chi connectivity index (χ0) is 16.2. The molecule has 0 atom stereocenters. The lowest BCUT2D eigenvalue weighted by Crippen LogP contribution is -2.47. The van der Waals surface area contributed by atoms with Crippen LogP contribution < -0.4 is 5.73 Å². The number of rotatable bonds is 5. The van der Waals surface area contributed by atoms with Gasteiger partial charge >= 0.3 is 0 Å². The van der Waals surface area contributed by atoms with Crippen LogP contribution in [0.1, 0.15) is 12.0 Å². The fourth-order valence-electron chi connectivity index (χ4n) is 2.14. The highest BCUT2D eigenvalue weighted by molar-refractivity contribution is 5.76. The lowest BCUT2D eigenvalue weighted by atomic mass is 10.2. The fourth-order valence-corrected chi connectivity index (χ4v) is 2.14. The van der Waals surface area contributed by atoms with Crippen LogP contribution in [0.4, 0.5) is 0 Å². The Morgan fingerprint density at radius 2 is 1.82 bits per heavy atom. The van der Waals surface area contributed by atoms with Crippen molar-refractivity contribution in [2.75, 3.05) is 39.8 Å². The molecule has 6 heteroatoms. The third-order valence-corrected chi connectivity index (χ3v) is 3.43. The Bertz CT molecular complexity index is 432. The van der Waals surface area contributed by atoms with Gasteiger partial charge in [-0.15, -0.1) is 0 Å². The Morgan fingerprint density at radius 1 is 1.23 bits per heavy atom. The maximum Gasteiger partial charge on any atom is 0.224 e. The second kappa shape index (κ2) is 10.8. The number of hydrogen-bond donors (Lipinski definition) is 1. The summed E-state index contributed by atoms with van der Waals surface area (Å²) in [6.07, 6.45) is 0.733. The van der Waals surface area contributed by atoms with E-state index in [1.807, 2.05) is 35.2 Å². The predicted octanol–water partition coefficient (Wildman–Crippen LogP) is 0.469. The van der Waals surface area contributed by atoms with Crippen LogP contribution in [0.2, 0.25) is 0 Å². The normalized spacial score (nSPS) is 14.9. The number of nitrogens with two attached hydrogens (primary N) is 1. The van der Waals surface area contributed by atoms with E-state index in [0.29, 0.717) is 19.6 Å². The molecule has 0 aliphatic carbocycles. The molecule has 1 aliphatic rings. The quantitative estimate of drug-likeness (QED) is 0.634. The third kappa shape index (κ3) is 7.19. The molecule has 22 heavy (non-hydrogen) atoms. The van der Waals surface area contributed by atoms with E-state index in [-0.39, 0.29) is 12.3 Å². The van der Waals surface area contributed by atoms with Gasteiger partial charge < -0.3 is 20.3 Å². The predicted molar refractivity (Wildman–Crippen MR) is 85.0 cm³/mol. The summed E-state index contributed by atoms with van der Waals surface area (Å²) >= 11 is 0. The molecule has 6 nitrogen and oxygen atoms in total. The molecule has 0 saturated carbocycles. The van der Waals surface area contributed by atoms with E-state index in [4.69, 9.17) is 9.53 Å². The van der Waals surface area contributed by atoms with E-state index in [0.717, 1.165) is 31.7 Å². The molecule has 0 radical (unpaired) electrons. The lowest BCUT2D eigenvalue weighted by molar-refractivity contribution is -0.134. The molecule has 1 saturated heterocycles. The molecule has 0 bridgehead atoms. The molecule has 1 aliphatic heterocycles. The van der Waals surface area contributed by atoms with E-state index in [2.05, 4.69) is 17.7 Å². The highest BCUT2D eigenvalue weighted by Gasteiger charge is 2.18. The Hall–Kier alpha value is -1.92. The first kappa shape index (κ1) is 18.1. The lowest BCUT2D eigenvalue weighted by Gasteiger charge is -2.32. The first-order valence-corrected chi connectivity index (χ1v) is 7.40. The van der Waals surface area contributed by atoms with Gasteiger partial charge in [-0.3, -0.25) is 9.59 Å². The Morgan fingerprint density at radius 3 is 2.41 bits per heavy atom. The highest BCUT2D eigenvalue weighted by atomic mass is 16.5. The largest absolute Gasteiger partial charge is 0.376 e. The maximum atomic E-state index is 11.9. The first-order valence-electron chi connectivity index (χ1n) is 7.40. The number of hydrogen-bond acceptors (Lipinski definition) is 4. The van der Waals surface area contributed by atoms with Crippen LogP contribution in [0.3, 0.4) is 0 Å². The molecule has 2 rings (SSSR count). The van der Waals surface area contributed by atoms with Crippen LogP contribution >= 0.6 is 0 Å². The first-order chi connectivity index (χ1) is 10.7. The number of carbonyl (C=O) groups is 2. The molecule has 2 amide bonds. The molecule has 1 fully saturated rings. The summed E-state index contributed by atoms with van der Waals surface area (Å²) in [5.74, 6) is 0.209. The summed E-state index contributed by atoms with van der Waals surface area (Å²) in [4.78, 5) is 24.7. The van der Waals surface area contributed by atoms with Gasteiger partial charge in [0.25, 0.3) is 0 Å². The van der Waals surface area contributed by atoms with Gasteiger partial charge in [-0.25, -0.2) is 0 Å².